The molecule has 3 atom stereocenters. The molecule has 2 aromatic carbocycles. The molecule has 1 saturated heterocycles. The summed E-state index contributed by atoms with van der Waals surface area (Å²) in [5.41, 5.74) is 1.17. The van der Waals surface area contributed by atoms with E-state index in [-0.39, 0.29) is 24.5 Å². The molecule has 4 rings (SSSR count). The fraction of sp³-hybridized carbons (Fsp3) is 0.350. The average Bonchev–Trinajstić information content (AvgIpc) is 2.95. The van der Waals surface area contributed by atoms with Crippen molar-refractivity contribution in [1.29, 1.82) is 0 Å². The quantitative estimate of drug-likeness (QED) is 0.769. The van der Waals surface area contributed by atoms with Crippen molar-refractivity contribution in [3.05, 3.63) is 64.7 Å². The van der Waals surface area contributed by atoms with Crippen molar-refractivity contribution < 1.29 is 14.3 Å². The highest BCUT2D eigenvalue weighted by molar-refractivity contribution is 6.31. The summed E-state index contributed by atoms with van der Waals surface area (Å²) < 4.78 is 11.3. The Kier molecular flexibility index (Phi) is 3.97. The maximum absolute atomic E-state index is 13.0. The first-order valence-electron chi connectivity index (χ1n) is 8.34. The maximum Gasteiger partial charge on any atom is 0.317 e. The number of para-hydroxylation sites is 1. The number of carbonyl (C=O) groups is 1. The smallest absolute Gasteiger partial charge is 0.317 e. The van der Waals surface area contributed by atoms with Gasteiger partial charge < -0.3 is 9.47 Å². The molecule has 25 heavy (non-hydrogen) atoms. The summed E-state index contributed by atoms with van der Waals surface area (Å²) in [6.07, 6.45) is 0. The third-order valence-corrected chi connectivity index (χ3v) is 5.89. The highest BCUT2D eigenvalue weighted by Gasteiger charge is 2.63. The molecule has 0 spiro atoms. The lowest BCUT2D eigenvalue weighted by atomic mass is 9.67. The summed E-state index contributed by atoms with van der Waals surface area (Å²) >= 11 is 6.48. The van der Waals surface area contributed by atoms with Crippen LogP contribution >= 0.6 is 11.6 Å². The Hall–Kier alpha value is -2.04. The lowest BCUT2D eigenvalue weighted by molar-refractivity contribution is -0.159. The third kappa shape index (κ3) is 2.28. The predicted octanol–water partition coefficient (Wildman–Crippen LogP) is 3.66. The molecule has 0 aromatic heterocycles. The van der Waals surface area contributed by atoms with Gasteiger partial charge in [0.1, 0.15) is 17.8 Å². The van der Waals surface area contributed by atoms with E-state index in [9.17, 15) is 4.79 Å². The number of likely N-dealkylation sites (N-methyl/N-ethyl adjacent to an activating group) is 1. The van der Waals surface area contributed by atoms with Gasteiger partial charge in [-0.3, -0.25) is 9.69 Å². The standard InChI is InChI=1S/C20H20ClNO3/c1-22-11-15(13-7-3-5-9-16(13)21)20(19(23)24-2)12-25-17-10-6-4-8-14(17)18(20)22/h3-10,15,18H,11-12H2,1-2H3/t15-,18+,20-/m0/s1. The fourth-order valence-electron chi connectivity index (χ4n) is 4.51. The van der Waals surface area contributed by atoms with Crippen molar-refractivity contribution in [2.75, 3.05) is 27.3 Å². The summed E-state index contributed by atoms with van der Waals surface area (Å²) in [6, 6.07) is 15.5. The lowest BCUT2D eigenvalue weighted by Crippen LogP contribution is -2.48. The van der Waals surface area contributed by atoms with Crippen molar-refractivity contribution in [1.82, 2.24) is 4.90 Å². The SMILES string of the molecule is COC(=O)[C@]12COc3ccccc3[C@H]1N(C)C[C@H]2c1ccccc1Cl. The first kappa shape index (κ1) is 16.4. The Balaban J connectivity index is 1.92. The van der Waals surface area contributed by atoms with Gasteiger partial charge in [0.05, 0.1) is 13.2 Å². The Bertz CT molecular complexity index is 824. The molecular formula is C20H20ClNO3. The summed E-state index contributed by atoms with van der Waals surface area (Å²) in [6.45, 7) is 0.989. The Labute approximate surface area is 152 Å². The van der Waals surface area contributed by atoms with Crippen LogP contribution in [0.4, 0.5) is 0 Å². The molecule has 4 nitrogen and oxygen atoms in total. The number of hydrogen-bond donors (Lipinski definition) is 0. The van der Waals surface area contributed by atoms with Crippen LogP contribution in [-0.2, 0) is 9.53 Å². The van der Waals surface area contributed by atoms with Crippen LogP contribution in [0.1, 0.15) is 23.1 Å². The van der Waals surface area contributed by atoms with Crippen LogP contribution < -0.4 is 4.74 Å². The van der Waals surface area contributed by atoms with Crippen LogP contribution in [0, 0.1) is 5.41 Å². The van der Waals surface area contributed by atoms with Gasteiger partial charge in [-0.1, -0.05) is 48.0 Å². The van der Waals surface area contributed by atoms with E-state index in [2.05, 4.69) is 4.90 Å². The van der Waals surface area contributed by atoms with Gasteiger partial charge in [-0.2, -0.15) is 0 Å². The molecule has 130 valence electrons. The van der Waals surface area contributed by atoms with Gasteiger partial charge in [0.15, 0.2) is 0 Å². The molecule has 0 saturated carbocycles. The van der Waals surface area contributed by atoms with Gasteiger partial charge in [-0.25, -0.2) is 0 Å². The molecule has 2 aromatic rings. The number of ether oxygens (including phenoxy) is 2. The minimum absolute atomic E-state index is 0.1000. The van der Waals surface area contributed by atoms with Crippen molar-refractivity contribution in [3.8, 4) is 5.75 Å². The molecule has 0 N–H and O–H groups in total. The summed E-state index contributed by atoms with van der Waals surface area (Å²) in [5, 5.41) is 0.670. The number of hydrogen-bond acceptors (Lipinski definition) is 4. The Morgan fingerprint density at radius 3 is 2.60 bits per heavy atom. The summed E-state index contributed by atoms with van der Waals surface area (Å²) in [5.74, 6) is 0.483. The average molecular weight is 358 g/mol. The van der Waals surface area contributed by atoms with Crippen LogP contribution in [0.25, 0.3) is 0 Å². The number of esters is 1. The molecule has 1 fully saturated rings. The number of benzene rings is 2. The number of halogens is 1. The number of methoxy groups -OCH3 is 1. The van der Waals surface area contributed by atoms with Gasteiger partial charge in [-0.05, 0) is 24.7 Å². The highest BCUT2D eigenvalue weighted by atomic mass is 35.5. The third-order valence-electron chi connectivity index (χ3n) is 5.55. The fourth-order valence-corrected chi connectivity index (χ4v) is 4.77. The maximum atomic E-state index is 13.0. The van der Waals surface area contributed by atoms with E-state index < -0.39 is 5.41 Å². The van der Waals surface area contributed by atoms with E-state index >= 15 is 0 Å². The normalized spacial score (nSPS) is 28.0. The topological polar surface area (TPSA) is 38.8 Å². The van der Waals surface area contributed by atoms with Crippen LogP contribution in [0.3, 0.4) is 0 Å². The van der Waals surface area contributed by atoms with Gasteiger partial charge >= 0.3 is 5.97 Å². The second-order valence-electron chi connectivity index (χ2n) is 6.77. The van der Waals surface area contributed by atoms with Crippen LogP contribution in [0.15, 0.2) is 48.5 Å². The number of carbonyl (C=O) groups excluding carboxylic acids is 1. The van der Waals surface area contributed by atoms with E-state index in [0.29, 0.717) is 11.6 Å². The number of likely N-dealkylation sites (tertiary alicyclic amines) is 1. The zero-order chi connectivity index (χ0) is 17.6. The van der Waals surface area contributed by atoms with Gasteiger partial charge in [0, 0.05) is 23.0 Å². The van der Waals surface area contributed by atoms with Gasteiger partial charge in [-0.15, -0.1) is 0 Å². The lowest BCUT2D eigenvalue weighted by Gasteiger charge is -2.42. The first-order chi connectivity index (χ1) is 12.1. The van der Waals surface area contributed by atoms with E-state index in [1.54, 1.807) is 0 Å². The second kappa shape index (κ2) is 6.04. The monoisotopic (exact) mass is 357 g/mol. The highest BCUT2D eigenvalue weighted by Crippen LogP contribution is 2.59. The number of fused-ring (bicyclic) bond motifs is 3. The molecule has 2 aliphatic rings. The zero-order valence-corrected chi connectivity index (χ0v) is 15.0. The molecule has 2 heterocycles. The van der Waals surface area contributed by atoms with Crippen molar-refractivity contribution in [2.45, 2.75) is 12.0 Å². The Morgan fingerprint density at radius 1 is 1.20 bits per heavy atom. The largest absolute Gasteiger partial charge is 0.492 e. The van der Waals surface area contributed by atoms with E-state index in [4.69, 9.17) is 21.1 Å². The molecule has 0 amide bonds. The van der Waals surface area contributed by atoms with Crippen molar-refractivity contribution in [2.24, 2.45) is 5.41 Å². The number of nitrogens with zero attached hydrogens (tertiary/aromatic N) is 1. The van der Waals surface area contributed by atoms with E-state index in [1.165, 1.54) is 7.11 Å². The first-order valence-corrected chi connectivity index (χ1v) is 8.72. The van der Waals surface area contributed by atoms with Crippen LogP contribution in [0.5, 0.6) is 5.75 Å². The molecular weight excluding hydrogens is 338 g/mol. The van der Waals surface area contributed by atoms with Gasteiger partial charge in [0.2, 0.25) is 0 Å². The Morgan fingerprint density at radius 2 is 1.88 bits per heavy atom. The van der Waals surface area contributed by atoms with E-state index in [0.717, 1.165) is 16.9 Å². The van der Waals surface area contributed by atoms with Crippen LogP contribution in [0.2, 0.25) is 5.02 Å². The molecule has 0 radical (unpaired) electrons. The van der Waals surface area contributed by atoms with Gasteiger partial charge in [0.25, 0.3) is 0 Å². The molecule has 0 unspecified atom stereocenters. The number of rotatable bonds is 2. The molecule has 2 aliphatic heterocycles. The summed E-state index contributed by atoms with van der Waals surface area (Å²) in [7, 11) is 3.48. The van der Waals surface area contributed by atoms with E-state index in [1.807, 2.05) is 55.6 Å². The van der Waals surface area contributed by atoms with Crippen molar-refractivity contribution >= 4 is 17.6 Å². The predicted molar refractivity (Wildman–Crippen MR) is 96.0 cm³/mol. The summed E-state index contributed by atoms with van der Waals surface area (Å²) in [4.78, 5) is 15.3. The zero-order valence-electron chi connectivity index (χ0n) is 14.2. The van der Waals surface area contributed by atoms with Crippen LogP contribution in [-0.4, -0.2) is 38.2 Å². The molecule has 0 bridgehead atoms. The van der Waals surface area contributed by atoms with Crippen molar-refractivity contribution in [3.63, 3.8) is 0 Å². The second-order valence-corrected chi connectivity index (χ2v) is 7.18. The minimum atomic E-state index is -0.817. The molecule has 0 aliphatic carbocycles. The minimum Gasteiger partial charge on any atom is -0.492 e. The molecule has 5 heteroatoms.